The van der Waals surface area contributed by atoms with E-state index in [2.05, 4.69) is 41.7 Å². The van der Waals surface area contributed by atoms with Crippen molar-refractivity contribution in [2.45, 2.75) is 25.8 Å². The monoisotopic (exact) mass is 379 g/mol. The summed E-state index contributed by atoms with van der Waals surface area (Å²) in [6.45, 7) is 1.85. The summed E-state index contributed by atoms with van der Waals surface area (Å²) in [4.78, 5) is 0. The zero-order valence-corrected chi connectivity index (χ0v) is 15.6. The first-order valence-electron chi connectivity index (χ1n) is 7.99. The van der Waals surface area contributed by atoms with E-state index in [1.807, 2.05) is 13.0 Å². The van der Waals surface area contributed by atoms with Gasteiger partial charge in [-0.2, -0.15) is 0 Å². The molecule has 0 spiro atoms. The smallest absolute Gasteiger partial charge is 0.150 e. The van der Waals surface area contributed by atoms with Crippen LogP contribution in [0.4, 0.5) is 5.69 Å². The van der Waals surface area contributed by atoms with Crippen molar-refractivity contribution in [3.63, 3.8) is 0 Å². The number of halogens is 2. The highest BCUT2D eigenvalue weighted by Crippen LogP contribution is 2.38. The van der Waals surface area contributed by atoms with Crippen LogP contribution in [0.3, 0.4) is 0 Å². The molecule has 1 heterocycles. The van der Waals surface area contributed by atoms with Gasteiger partial charge in [0.2, 0.25) is 0 Å². The predicted octanol–water partition coefficient (Wildman–Crippen LogP) is 3.90. The first-order chi connectivity index (χ1) is 11.1. The van der Waals surface area contributed by atoms with E-state index in [0.29, 0.717) is 17.5 Å². The third-order valence-corrected chi connectivity index (χ3v) is 4.89. The van der Waals surface area contributed by atoms with Crippen molar-refractivity contribution in [1.29, 1.82) is 0 Å². The summed E-state index contributed by atoms with van der Waals surface area (Å²) in [5.41, 5.74) is 17.3. The van der Waals surface area contributed by atoms with Crippen molar-refractivity contribution < 1.29 is 4.74 Å². The molecule has 0 radical (unpaired) electrons. The predicted molar refractivity (Wildman–Crippen MR) is 106 cm³/mol. The molecule has 4 nitrogen and oxygen atoms in total. The zero-order valence-electron chi connectivity index (χ0n) is 14.0. The summed E-state index contributed by atoms with van der Waals surface area (Å²) in [5, 5.41) is 3.19. The lowest BCUT2D eigenvalue weighted by atomic mass is 9.91. The number of nitrogens with two attached hydrogens (primary N) is 2. The third-order valence-electron chi connectivity index (χ3n) is 4.89. The van der Waals surface area contributed by atoms with E-state index in [9.17, 15) is 0 Å². The average molecular weight is 380 g/mol. The largest absolute Gasteiger partial charge is 0.456 e. The fraction of sp³-hybridized carbons (Fsp3) is 0.263. The normalized spacial score (nSPS) is 16.6. The van der Waals surface area contributed by atoms with Gasteiger partial charge in [-0.25, -0.2) is 0 Å². The van der Waals surface area contributed by atoms with Crippen molar-refractivity contribution >= 4 is 30.5 Å². The van der Waals surface area contributed by atoms with Crippen LogP contribution in [0.25, 0.3) is 0 Å². The Balaban J connectivity index is 0.00000113. The Morgan fingerprint density at radius 1 is 1.08 bits per heavy atom. The van der Waals surface area contributed by atoms with Crippen LogP contribution in [0.15, 0.2) is 54.0 Å². The lowest BCUT2D eigenvalue weighted by Gasteiger charge is -2.24. The fourth-order valence-electron chi connectivity index (χ4n) is 3.51. The highest BCUT2D eigenvalue weighted by Gasteiger charge is 2.28. The molecule has 25 heavy (non-hydrogen) atoms. The number of nitrogens with one attached hydrogen (secondary N) is 1. The Hall–Kier alpha value is -1.88. The van der Waals surface area contributed by atoms with Gasteiger partial charge in [-0.1, -0.05) is 30.3 Å². The molecule has 2 aliphatic rings. The highest BCUT2D eigenvalue weighted by atomic mass is 35.5. The maximum Gasteiger partial charge on any atom is 0.150 e. The van der Waals surface area contributed by atoms with Gasteiger partial charge in [0.15, 0.2) is 5.75 Å². The average Bonchev–Trinajstić information content (AvgIpc) is 2.99. The Bertz CT molecular complexity index is 782. The lowest BCUT2D eigenvalue weighted by Crippen LogP contribution is -2.23. The molecule has 0 fully saturated rings. The van der Waals surface area contributed by atoms with Crippen LogP contribution in [0, 0.1) is 5.92 Å². The molecule has 5 N–H and O–H groups in total. The van der Waals surface area contributed by atoms with Crippen LogP contribution in [0.1, 0.15) is 29.7 Å². The molecule has 2 aromatic rings. The molecule has 1 unspecified atom stereocenters. The Morgan fingerprint density at radius 3 is 2.36 bits per heavy atom. The number of benzene rings is 2. The molecule has 0 saturated carbocycles. The maximum absolute atomic E-state index is 6.56. The van der Waals surface area contributed by atoms with Gasteiger partial charge in [0.25, 0.3) is 0 Å². The van der Waals surface area contributed by atoms with Crippen molar-refractivity contribution in [2.24, 2.45) is 17.4 Å². The maximum atomic E-state index is 6.56. The molecule has 0 aromatic heterocycles. The lowest BCUT2D eigenvalue weighted by molar-refractivity contribution is 0.414. The minimum atomic E-state index is 0. The number of rotatable bonds is 2. The summed E-state index contributed by atoms with van der Waals surface area (Å²) in [7, 11) is 0. The van der Waals surface area contributed by atoms with Crippen LogP contribution < -0.4 is 21.5 Å². The molecular weight excluding hydrogens is 357 g/mol. The van der Waals surface area contributed by atoms with Crippen LogP contribution in [0.5, 0.6) is 5.75 Å². The molecule has 2 aromatic carbocycles. The fourth-order valence-corrected chi connectivity index (χ4v) is 3.51. The van der Waals surface area contributed by atoms with Crippen molar-refractivity contribution in [3.8, 4) is 5.75 Å². The Labute approximate surface area is 160 Å². The van der Waals surface area contributed by atoms with Gasteiger partial charge in [-0.15, -0.1) is 24.8 Å². The van der Waals surface area contributed by atoms with Crippen LogP contribution in [-0.2, 0) is 12.8 Å². The highest BCUT2D eigenvalue weighted by molar-refractivity contribution is 5.85. The van der Waals surface area contributed by atoms with Gasteiger partial charge in [0.05, 0.1) is 5.69 Å². The topological polar surface area (TPSA) is 73.3 Å². The van der Waals surface area contributed by atoms with E-state index in [1.54, 1.807) is 0 Å². The standard InChI is InChI=1S/C19H21N3O.2ClH/c1-11-19(21)22-16-10-14(6-7-17(16)23-11)18(20)15-8-12-4-2-3-5-13(12)9-15;;/h2-7,10,15,18,22H,8-9,20-21H2,1H3;2*1H. The van der Waals surface area contributed by atoms with Crippen molar-refractivity contribution in [3.05, 3.63) is 70.7 Å². The summed E-state index contributed by atoms with van der Waals surface area (Å²) in [5.74, 6) is 2.48. The molecule has 6 heteroatoms. The van der Waals surface area contributed by atoms with Gasteiger partial charge in [0.1, 0.15) is 11.6 Å². The molecule has 4 rings (SSSR count). The van der Waals surface area contributed by atoms with Crippen molar-refractivity contribution in [2.75, 3.05) is 5.32 Å². The van der Waals surface area contributed by atoms with Gasteiger partial charge in [-0.05, 0) is 54.5 Å². The summed E-state index contributed by atoms with van der Waals surface area (Å²) in [6, 6.07) is 14.7. The number of hydrogen-bond donors (Lipinski definition) is 3. The van der Waals surface area contributed by atoms with Crippen molar-refractivity contribution in [1.82, 2.24) is 0 Å². The van der Waals surface area contributed by atoms with Gasteiger partial charge < -0.3 is 21.5 Å². The zero-order chi connectivity index (χ0) is 16.0. The van der Waals surface area contributed by atoms with E-state index in [0.717, 1.165) is 29.8 Å². The van der Waals surface area contributed by atoms with Crippen LogP contribution in [0.2, 0.25) is 0 Å². The first-order valence-corrected chi connectivity index (χ1v) is 7.99. The number of fused-ring (bicyclic) bond motifs is 2. The van der Waals surface area contributed by atoms with Crippen LogP contribution in [-0.4, -0.2) is 0 Å². The van der Waals surface area contributed by atoms with Gasteiger partial charge in [0, 0.05) is 6.04 Å². The van der Waals surface area contributed by atoms with E-state index < -0.39 is 0 Å². The summed E-state index contributed by atoms with van der Waals surface area (Å²) >= 11 is 0. The summed E-state index contributed by atoms with van der Waals surface area (Å²) < 4.78 is 5.71. The second-order valence-electron chi connectivity index (χ2n) is 6.42. The molecule has 0 saturated heterocycles. The molecule has 134 valence electrons. The van der Waals surface area contributed by atoms with E-state index in [1.165, 1.54) is 11.1 Å². The minimum absolute atomic E-state index is 0. The van der Waals surface area contributed by atoms with E-state index in [4.69, 9.17) is 16.2 Å². The SMILES string of the molecule is CC1=C(N)Nc2cc(C(N)C3Cc4ccccc4C3)ccc2O1.Cl.Cl. The molecule has 1 atom stereocenters. The van der Waals surface area contributed by atoms with Gasteiger partial charge >= 0.3 is 0 Å². The number of ether oxygens (including phenoxy) is 1. The molecule has 1 aliphatic heterocycles. The first kappa shape index (κ1) is 19.4. The number of allylic oxidation sites excluding steroid dienone is 1. The third kappa shape index (κ3) is 3.56. The molecule has 0 bridgehead atoms. The Kier molecular flexibility index (Phi) is 5.88. The molecular formula is C19H23Cl2N3O. The van der Waals surface area contributed by atoms with E-state index in [-0.39, 0.29) is 30.9 Å². The molecule has 1 aliphatic carbocycles. The van der Waals surface area contributed by atoms with E-state index >= 15 is 0 Å². The Morgan fingerprint density at radius 2 is 1.72 bits per heavy atom. The van der Waals surface area contributed by atoms with Crippen LogP contribution >= 0.6 is 24.8 Å². The minimum Gasteiger partial charge on any atom is -0.456 e. The number of hydrogen-bond acceptors (Lipinski definition) is 4. The van der Waals surface area contributed by atoms with Gasteiger partial charge in [-0.3, -0.25) is 0 Å². The number of anilines is 1. The second-order valence-corrected chi connectivity index (χ2v) is 6.42. The summed E-state index contributed by atoms with van der Waals surface area (Å²) in [6.07, 6.45) is 2.08. The molecule has 0 amide bonds. The quantitative estimate of drug-likeness (QED) is 0.739. The second kappa shape index (κ2) is 7.56.